The molecular weight excluding hydrogens is 348 g/mol. The average molecular weight is 371 g/mol. The van der Waals surface area contributed by atoms with Gasteiger partial charge in [-0.3, -0.25) is 4.79 Å². The van der Waals surface area contributed by atoms with Crippen LogP contribution in [0.2, 0.25) is 0 Å². The van der Waals surface area contributed by atoms with Crippen molar-refractivity contribution in [2.75, 3.05) is 0 Å². The van der Waals surface area contributed by atoms with Gasteiger partial charge in [0, 0.05) is 16.0 Å². The Balaban J connectivity index is 0.000000368. The zero-order valence-electron chi connectivity index (χ0n) is 14.8. The van der Waals surface area contributed by atoms with Gasteiger partial charge in [0.25, 0.3) is 0 Å². The molecule has 0 aromatic carbocycles. The Kier molecular flexibility index (Phi) is 10.2. The lowest BCUT2D eigenvalue weighted by Gasteiger charge is -2.31. The van der Waals surface area contributed by atoms with Gasteiger partial charge in [-0.25, -0.2) is 0 Å². The third-order valence-electron chi connectivity index (χ3n) is 3.27. The molecule has 0 radical (unpaired) electrons. The molecule has 0 unspecified atom stereocenters. The van der Waals surface area contributed by atoms with Gasteiger partial charge in [-0.15, -0.1) is 0 Å². The van der Waals surface area contributed by atoms with Gasteiger partial charge in [-0.05, 0) is 31.9 Å². The van der Waals surface area contributed by atoms with Crippen LogP contribution in [0.3, 0.4) is 0 Å². The molecule has 0 spiro atoms. The molecule has 2 rings (SSSR count). The van der Waals surface area contributed by atoms with E-state index >= 15 is 0 Å². The molecule has 0 aromatic heterocycles. The van der Waals surface area contributed by atoms with E-state index in [1.807, 2.05) is 32.1 Å². The fraction of sp³-hybridized carbons (Fsp3) is 0.143. The summed E-state index contributed by atoms with van der Waals surface area (Å²) in [6, 6.07) is 0. The molecule has 0 aliphatic heterocycles. The maximum Gasteiger partial charge on any atom is 0.191 e. The Hall–Kier alpha value is -2.30. The highest BCUT2D eigenvalue weighted by Crippen LogP contribution is 2.30. The number of thiocarbonyl (C=S) groups is 1. The summed E-state index contributed by atoms with van der Waals surface area (Å²) < 4.78 is 0. The second-order valence-electron chi connectivity index (χ2n) is 4.72. The smallest absolute Gasteiger partial charge is 0.191 e. The van der Waals surface area contributed by atoms with Crippen molar-refractivity contribution in [3.8, 4) is 0 Å². The van der Waals surface area contributed by atoms with Crippen molar-refractivity contribution in [1.82, 2.24) is 0 Å². The number of carbonyl (C=O) groups excluding carboxylic acids is 1. The Morgan fingerprint density at radius 1 is 1.00 bits per heavy atom. The van der Waals surface area contributed by atoms with E-state index in [2.05, 4.69) is 19.7 Å². The second-order valence-corrected chi connectivity index (χ2v) is 5.53. The first-order chi connectivity index (χ1) is 11.9. The molecule has 0 heterocycles. The van der Waals surface area contributed by atoms with Gasteiger partial charge in [0.05, 0.1) is 0 Å². The molecule has 0 aromatic rings. The van der Waals surface area contributed by atoms with Crippen LogP contribution < -0.4 is 5.11 Å². The van der Waals surface area contributed by atoms with Gasteiger partial charge in [0.15, 0.2) is 5.78 Å². The van der Waals surface area contributed by atoms with E-state index in [0.717, 1.165) is 20.9 Å². The molecule has 2 aliphatic carbocycles. The zero-order chi connectivity index (χ0) is 19.6. The van der Waals surface area contributed by atoms with E-state index in [1.54, 1.807) is 19.1 Å². The van der Waals surface area contributed by atoms with Crippen LogP contribution in [0, 0.1) is 0 Å². The van der Waals surface area contributed by atoms with E-state index in [0.29, 0.717) is 0 Å². The van der Waals surface area contributed by atoms with Gasteiger partial charge in [-0.1, -0.05) is 80.2 Å². The second kappa shape index (κ2) is 11.3. The number of rotatable bonds is 3. The Morgan fingerprint density at radius 3 is 1.76 bits per heavy atom. The number of hydrogen-bond acceptors (Lipinski definition) is 4. The molecule has 4 heteroatoms. The van der Waals surface area contributed by atoms with E-state index in [9.17, 15) is 9.90 Å². The topological polar surface area (TPSA) is 40.1 Å². The summed E-state index contributed by atoms with van der Waals surface area (Å²) in [5.41, 5.74) is 2.49. The van der Waals surface area contributed by atoms with Crippen LogP contribution in [0.4, 0.5) is 0 Å². The van der Waals surface area contributed by atoms with Crippen LogP contribution in [-0.2, 0) is 17.4 Å². The molecule has 0 saturated heterocycles. The summed E-state index contributed by atoms with van der Waals surface area (Å²) in [7, 11) is 0. The summed E-state index contributed by atoms with van der Waals surface area (Å²) in [5.74, 6) is -0.356. The van der Waals surface area contributed by atoms with Crippen LogP contribution >= 0.6 is 12.2 Å². The minimum absolute atomic E-state index is 0.178. The highest BCUT2D eigenvalue weighted by molar-refractivity contribution is 7.82. The molecular formula is C21H22O2S2-2. The van der Waals surface area contributed by atoms with Gasteiger partial charge >= 0.3 is 0 Å². The standard InChI is InChI=1S/C8H8O2.C8H8S2.C5H8/c2*1-3-5-7(9)6(4-2)8(5)10;1-3-5-4-2/h2*3-4,9H,1H2,2H3;3-5H,1H2,2H3/p-2/b;;5-4+. The van der Waals surface area contributed by atoms with Crippen molar-refractivity contribution in [2.24, 2.45) is 0 Å². The van der Waals surface area contributed by atoms with Crippen molar-refractivity contribution < 1.29 is 9.90 Å². The molecule has 132 valence electrons. The summed E-state index contributed by atoms with van der Waals surface area (Å²) in [5, 5.41) is 10.8. The first kappa shape index (κ1) is 22.7. The summed E-state index contributed by atoms with van der Waals surface area (Å²) in [6.45, 7) is 16.0. The van der Waals surface area contributed by atoms with Gasteiger partial charge in [0.1, 0.15) is 0 Å². The molecule has 25 heavy (non-hydrogen) atoms. The van der Waals surface area contributed by atoms with E-state index in [-0.39, 0.29) is 22.7 Å². The number of hydrogen-bond donors (Lipinski definition) is 0. The summed E-state index contributed by atoms with van der Waals surface area (Å²) in [4.78, 5) is 12.6. The lowest BCUT2D eigenvalue weighted by Crippen LogP contribution is -2.28. The quantitative estimate of drug-likeness (QED) is 0.320. The third-order valence-corrected chi connectivity index (χ3v) is 4.15. The van der Waals surface area contributed by atoms with Crippen molar-refractivity contribution in [3.63, 3.8) is 0 Å². The lowest BCUT2D eigenvalue weighted by atomic mass is 9.88. The number of allylic oxidation sites excluding steroid dienone is 11. The fourth-order valence-electron chi connectivity index (χ4n) is 1.90. The SMILES string of the molecule is C=C/C=C/C.C=CC1=C([O-])C(=CC)C1=O.C=CC1=C([S-])C(=CC)C1=S. The van der Waals surface area contributed by atoms with Crippen LogP contribution in [0.5, 0.6) is 0 Å². The molecule has 2 aliphatic rings. The van der Waals surface area contributed by atoms with Crippen LogP contribution in [0.25, 0.3) is 0 Å². The Bertz CT molecular complexity index is 686. The van der Waals surface area contributed by atoms with Gasteiger partial charge in [0.2, 0.25) is 0 Å². The molecule has 0 saturated carbocycles. The third kappa shape index (κ3) is 5.34. The fourth-order valence-corrected chi connectivity index (χ4v) is 2.84. The highest BCUT2D eigenvalue weighted by atomic mass is 32.1. The monoisotopic (exact) mass is 370 g/mol. The van der Waals surface area contributed by atoms with Gasteiger partial charge in [-0.2, -0.15) is 4.91 Å². The molecule has 0 amide bonds. The molecule has 0 atom stereocenters. The minimum Gasteiger partial charge on any atom is -0.871 e. The Labute approximate surface area is 161 Å². The van der Waals surface area contributed by atoms with E-state index < -0.39 is 0 Å². The van der Waals surface area contributed by atoms with Crippen molar-refractivity contribution >= 4 is 35.5 Å². The molecule has 2 nitrogen and oxygen atoms in total. The maximum atomic E-state index is 10.8. The predicted molar refractivity (Wildman–Crippen MR) is 112 cm³/mol. The first-order valence-corrected chi connectivity index (χ1v) is 8.41. The predicted octanol–water partition coefficient (Wildman–Crippen LogP) is 4.37. The lowest BCUT2D eigenvalue weighted by molar-refractivity contribution is -0.300. The zero-order valence-corrected chi connectivity index (χ0v) is 16.4. The normalized spacial score (nSPS) is 18.8. The molecule has 0 bridgehead atoms. The largest absolute Gasteiger partial charge is 0.871 e. The van der Waals surface area contributed by atoms with Crippen molar-refractivity contribution in [2.45, 2.75) is 20.8 Å². The summed E-state index contributed by atoms with van der Waals surface area (Å²) >= 11 is 10.1. The van der Waals surface area contributed by atoms with Gasteiger partial charge < -0.3 is 17.7 Å². The van der Waals surface area contributed by atoms with E-state index in [1.165, 1.54) is 12.2 Å². The minimum atomic E-state index is -0.178. The van der Waals surface area contributed by atoms with Crippen LogP contribution in [0.1, 0.15) is 20.8 Å². The van der Waals surface area contributed by atoms with E-state index in [4.69, 9.17) is 24.8 Å². The molecule has 0 N–H and O–H groups in total. The Morgan fingerprint density at radius 2 is 1.52 bits per heavy atom. The van der Waals surface area contributed by atoms with Crippen LogP contribution in [0.15, 0.2) is 95.2 Å². The highest BCUT2D eigenvalue weighted by Gasteiger charge is 2.22. The maximum absolute atomic E-state index is 10.8. The first-order valence-electron chi connectivity index (χ1n) is 7.59. The van der Waals surface area contributed by atoms with Crippen LogP contribution in [-0.4, -0.2) is 10.6 Å². The number of carbonyl (C=O) groups is 1. The summed E-state index contributed by atoms with van der Waals surface area (Å²) in [6.07, 6.45) is 12.1. The van der Waals surface area contributed by atoms with Crippen molar-refractivity contribution in [3.05, 3.63) is 95.2 Å². The number of Topliss-reactive ketones (excluding diaryl/α,β-unsaturated/α-hetero) is 1. The average Bonchev–Trinajstić information content (AvgIpc) is 2.59. The number of ketones is 1. The molecule has 0 fully saturated rings. The van der Waals surface area contributed by atoms with Crippen molar-refractivity contribution in [1.29, 1.82) is 0 Å².